The van der Waals surface area contributed by atoms with E-state index in [2.05, 4.69) is 10.1 Å². The maximum absolute atomic E-state index is 12.5. The van der Waals surface area contributed by atoms with E-state index in [9.17, 15) is 13.2 Å². The molecule has 1 heterocycles. The van der Waals surface area contributed by atoms with Gasteiger partial charge in [-0.2, -0.15) is 13.2 Å². The van der Waals surface area contributed by atoms with Crippen molar-refractivity contribution in [1.82, 2.24) is 14.8 Å². The topological polar surface area (TPSA) is 30.7 Å². The van der Waals surface area contributed by atoms with Gasteiger partial charge in [-0.15, -0.1) is 5.10 Å². The Morgan fingerprint density at radius 3 is 2.65 bits per heavy atom. The van der Waals surface area contributed by atoms with Gasteiger partial charge in [-0.25, -0.2) is 9.67 Å². The third-order valence-electron chi connectivity index (χ3n) is 2.11. The molecule has 2 aromatic rings. The second kappa shape index (κ2) is 4.37. The molecule has 1 aromatic heterocycles. The van der Waals surface area contributed by atoms with Crippen LogP contribution in [0.4, 0.5) is 13.2 Å². The number of hydrogen-bond acceptors (Lipinski definition) is 2. The van der Waals surface area contributed by atoms with E-state index in [0.29, 0.717) is 5.56 Å². The van der Waals surface area contributed by atoms with Crippen molar-refractivity contribution >= 4 is 11.6 Å². The Morgan fingerprint density at radius 2 is 2.06 bits per heavy atom. The third kappa shape index (κ3) is 2.97. The largest absolute Gasteiger partial charge is 0.416 e. The summed E-state index contributed by atoms with van der Waals surface area (Å²) in [6.07, 6.45) is -2.97. The summed E-state index contributed by atoms with van der Waals surface area (Å²) in [5.41, 5.74) is -0.192. The standard InChI is InChI=1S/C10H7ClF3N3/c11-9-15-6-17(16-9)5-7-2-1-3-8(4-7)10(12,13)14/h1-4,6H,5H2. The first-order valence-corrected chi connectivity index (χ1v) is 5.04. The van der Waals surface area contributed by atoms with Crippen LogP contribution in [0.5, 0.6) is 0 Å². The van der Waals surface area contributed by atoms with Crippen molar-refractivity contribution in [3.63, 3.8) is 0 Å². The van der Waals surface area contributed by atoms with Crippen LogP contribution < -0.4 is 0 Å². The minimum absolute atomic E-state index is 0.0666. The minimum Gasteiger partial charge on any atom is -0.247 e. The Bertz CT molecular complexity index is 522. The zero-order chi connectivity index (χ0) is 12.5. The van der Waals surface area contributed by atoms with E-state index in [4.69, 9.17) is 11.6 Å². The van der Waals surface area contributed by atoms with Crippen LogP contribution in [0, 0.1) is 0 Å². The molecule has 0 amide bonds. The number of hydrogen-bond donors (Lipinski definition) is 0. The molecule has 7 heteroatoms. The summed E-state index contributed by atoms with van der Waals surface area (Å²) in [5, 5.41) is 3.85. The van der Waals surface area contributed by atoms with Gasteiger partial charge in [0.15, 0.2) is 0 Å². The summed E-state index contributed by atoms with van der Waals surface area (Å²) in [6, 6.07) is 5.05. The molecule has 0 bridgehead atoms. The minimum atomic E-state index is -4.34. The van der Waals surface area contributed by atoms with Crippen LogP contribution in [0.25, 0.3) is 0 Å². The summed E-state index contributed by atoms with van der Waals surface area (Å²) in [7, 11) is 0. The number of halogens is 4. The van der Waals surface area contributed by atoms with Gasteiger partial charge in [-0.05, 0) is 29.3 Å². The van der Waals surface area contributed by atoms with Crippen molar-refractivity contribution in [2.45, 2.75) is 12.7 Å². The Kier molecular flexibility index (Phi) is 3.06. The van der Waals surface area contributed by atoms with Gasteiger partial charge in [0.1, 0.15) is 6.33 Å². The quantitative estimate of drug-likeness (QED) is 0.832. The molecule has 1 aromatic carbocycles. The van der Waals surface area contributed by atoms with E-state index in [1.807, 2.05) is 0 Å². The van der Waals surface area contributed by atoms with E-state index in [-0.39, 0.29) is 11.8 Å². The molecule has 2 rings (SSSR count). The molecule has 3 nitrogen and oxygen atoms in total. The van der Waals surface area contributed by atoms with Gasteiger partial charge in [0.2, 0.25) is 5.28 Å². The lowest BCUT2D eigenvalue weighted by Crippen LogP contribution is -2.07. The van der Waals surface area contributed by atoms with Crippen LogP contribution in [0.1, 0.15) is 11.1 Å². The highest BCUT2D eigenvalue weighted by Gasteiger charge is 2.30. The van der Waals surface area contributed by atoms with E-state index >= 15 is 0 Å². The molecule has 0 fully saturated rings. The van der Waals surface area contributed by atoms with Crippen LogP contribution >= 0.6 is 11.6 Å². The van der Waals surface area contributed by atoms with Crippen molar-refractivity contribution < 1.29 is 13.2 Å². The molecule has 90 valence electrons. The maximum atomic E-state index is 12.5. The predicted molar refractivity (Wildman–Crippen MR) is 55.6 cm³/mol. The fraction of sp³-hybridized carbons (Fsp3) is 0.200. The van der Waals surface area contributed by atoms with Crippen LogP contribution in [0.3, 0.4) is 0 Å². The molecule has 0 atom stereocenters. The number of benzene rings is 1. The van der Waals surface area contributed by atoms with Gasteiger partial charge >= 0.3 is 6.18 Å². The number of nitrogens with zero attached hydrogens (tertiary/aromatic N) is 3. The summed E-state index contributed by atoms with van der Waals surface area (Å²) in [5.74, 6) is 0. The van der Waals surface area contributed by atoms with Gasteiger partial charge in [0.25, 0.3) is 0 Å². The van der Waals surface area contributed by atoms with E-state index in [1.165, 1.54) is 17.1 Å². The maximum Gasteiger partial charge on any atom is 0.416 e. The highest BCUT2D eigenvalue weighted by atomic mass is 35.5. The van der Waals surface area contributed by atoms with Crippen molar-refractivity contribution in [2.24, 2.45) is 0 Å². The van der Waals surface area contributed by atoms with E-state index < -0.39 is 11.7 Å². The molecule has 0 aliphatic heterocycles. The lowest BCUT2D eigenvalue weighted by Gasteiger charge is -2.08. The molecule has 17 heavy (non-hydrogen) atoms. The van der Waals surface area contributed by atoms with Crippen molar-refractivity contribution in [3.05, 3.63) is 47.0 Å². The average Bonchev–Trinajstić information content (AvgIpc) is 2.63. The first-order valence-electron chi connectivity index (χ1n) is 4.66. The highest BCUT2D eigenvalue weighted by Crippen LogP contribution is 2.29. The van der Waals surface area contributed by atoms with Gasteiger partial charge in [0.05, 0.1) is 12.1 Å². The average molecular weight is 262 g/mol. The second-order valence-electron chi connectivity index (χ2n) is 3.41. The van der Waals surface area contributed by atoms with E-state index in [0.717, 1.165) is 12.1 Å². The second-order valence-corrected chi connectivity index (χ2v) is 3.75. The molecule has 0 unspecified atom stereocenters. The summed E-state index contributed by atoms with van der Waals surface area (Å²) < 4.78 is 38.7. The first-order chi connectivity index (χ1) is 7.95. The van der Waals surface area contributed by atoms with Gasteiger partial charge in [-0.3, -0.25) is 0 Å². The Morgan fingerprint density at radius 1 is 1.29 bits per heavy atom. The third-order valence-corrected chi connectivity index (χ3v) is 2.28. The zero-order valence-corrected chi connectivity index (χ0v) is 9.20. The normalized spacial score (nSPS) is 11.8. The lowest BCUT2D eigenvalue weighted by molar-refractivity contribution is -0.137. The highest BCUT2D eigenvalue weighted by molar-refractivity contribution is 6.28. The molecule has 0 spiro atoms. The van der Waals surface area contributed by atoms with Crippen molar-refractivity contribution in [1.29, 1.82) is 0 Å². The van der Waals surface area contributed by atoms with Gasteiger partial charge in [-0.1, -0.05) is 12.1 Å². The first kappa shape index (κ1) is 11.9. The van der Waals surface area contributed by atoms with Gasteiger partial charge < -0.3 is 0 Å². The van der Waals surface area contributed by atoms with Gasteiger partial charge in [0, 0.05) is 0 Å². The Labute approximate surface area is 99.8 Å². The number of aromatic nitrogens is 3. The lowest BCUT2D eigenvalue weighted by atomic mass is 10.1. The smallest absolute Gasteiger partial charge is 0.247 e. The van der Waals surface area contributed by atoms with Crippen LogP contribution in [0.2, 0.25) is 5.28 Å². The predicted octanol–water partition coefficient (Wildman–Crippen LogP) is 3.00. The molecule has 0 aliphatic carbocycles. The van der Waals surface area contributed by atoms with Crippen molar-refractivity contribution in [3.8, 4) is 0 Å². The molecule has 0 aliphatic rings. The SMILES string of the molecule is FC(F)(F)c1cccc(Cn2cnc(Cl)n2)c1. The Hall–Kier alpha value is -1.56. The van der Waals surface area contributed by atoms with Crippen molar-refractivity contribution in [2.75, 3.05) is 0 Å². The van der Waals surface area contributed by atoms with Crippen LogP contribution in [0.15, 0.2) is 30.6 Å². The summed E-state index contributed by atoms with van der Waals surface area (Å²) in [6.45, 7) is 0.198. The summed E-state index contributed by atoms with van der Waals surface area (Å²) >= 11 is 5.51. The molecule has 0 radical (unpaired) electrons. The fourth-order valence-electron chi connectivity index (χ4n) is 1.38. The van der Waals surface area contributed by atoms with Crippen LogP contribution in [-0.4, -0.2) is 14.8 Å². The summed E-state index contributed by atoms with van der Waals surface area (Å²) in [4.78, 5) is 3.68. The number of rotatable bonds is 2. The Balaban J connectivity index is 2.22. The monoisotopic (exact) mass is 261 g/mol. The molecule has 0 saturated heterocycles. The number of alkyl halides is 3. The van der Waals surface area contributed by atoms with Crippen LogP contribution in [-0.2, 0) is 12.7 Å². The molecular weight excluding hydrogens is 255 g/mol. The zero-order valence-electron chi connectivity index (χ0n) is 8.45. The molecular formula is C10H7ClF3N3. The molecule has 0 N–H and O–H groups in total. The fourth-order valence-corrected chi connectivity index (χ4v) is 1.52. The van der Waals surface area contributed by atoms with E-state index in [1.54, 1.807) is 6.07 Å². The molecule has 0 saturated carbocycles.